The summed E-state index contributed by atoms with van der Waals surface area (Å²) in [5.41, 5.74) is 5.66. The molecule has 0 aliphatic carbocycles. The molecule has 1 aliphatic rings. The van der Waals surface area contributed by atoms with E-state index in [2.05, 4.69) is 4.90 Å². The molecule has 2 N–H and O–H groups in total. The predicted octanol–water partition coefficient (Wildman–Crippen LogP) is 1.68. The van der Waals surface area contributed by atoms with Crippen LogP contribution in [0.4, 0.5) is 13.2 Å². The third-order valence-corrected chi connectivity index (χ3v) is 3.25. The van der Waals surface area contributed by atoms with Gasteiger partial charge in [0, 0.05) is 32.2 Å². The standard InChI is InChI=1S/C12H24F3N3/c1-11(16)4-2-3-5-17-6-8-18(9-7-17)10-12(13,14)15/h11H,2-10,16H2,1H3. The van der Waals surface area contributed by atoms with E-state index in [9.17, 15) is 13.2 Å². The van der Waals surface area contributed by atoms with Gasteiger partial charge in [-0.2, -0.15) is 13.2 Å². The number of halogens is 3. The summed E-state index contributed by atoms with van der Waals surface area (Å²) in [5.74, 6) is 0. The molecule has 0 aromatic heterocycles. The second kappa shape index (κ2) is 7.31. The lowest BCUT2D eigenvalue weighted by atomic mass is 10.1. The van der Waals surface area contributed by atoms with Crippen molar-refractivity contribution in [2.24, 2.45) is 5.73 Å². The molecule has 1 atom stereocenters. The zero-order valence-corrected chi connectivity index (χ0v) is 11.0. The fraction of sp³-hybridized carbons (Fsp3) is 1.00. The molecule has 108 valence electrons. The van der Waals surface area contributed by atoms with Crippen LogP contribution in [0.15, 0.2) is 0 Å². The first-order chi connectivity index (χ1) is 8.37. The molecule has 1 fully saturated rings. The van der Waals surface area contributed by atoms with Crippen molar-refractivity contribution in [3.8, 4) is 0 Å². The van der Waals surface area contributed by atoms with Crippen molar-refractivity contribution in [2.45, 2.75) is 38.4 Å². The van der Waals surface area contributed by atoms with Crippen molar-refractivity contribution in [3.05, 3.63) is 0 Å². The molecule has 1 unspecified atom stereocenters. The quantitative estimate of drug-likeness (QED) is 0.743. The number of unbranched alkanes of at least 4 members (excludes halogenated alkanes) is 1. The van der Waals surface area contributed by atoms with Crippen LogP contribution in [0.3, 0.4) is 0 Å². The first-order valence-electron chi connectivity index (χ1n) is 6.64. The average molecular weight is 267 g/mol. The summed E-state index contributed by atoms with van der Waals surface area (Å²) in [6.45, 7) is 4.73. The fourth-order valence-electron chi connectivity index (χ4n) is 2.23. The van der Waals surface area contributed by atoms with Gasteiger partial charge in [0.25, 0.3) is 0 Å². The molecule has 0 radical (unpaired) electrons. The normalized spacial score (nSPS) is 21.2. The van der Waals surface area contributed by atoms with Crippen LogP contribution in [0.2, 0.25) is 0 Å². The number of rotatable bonds is 6. The Labute approximate surface area is 107 Å². The highest BCUT2D eigenvalue weighted by molar-refractivity contribution is 4.74. The lowest BCUT2D eigenvalue weighted by molar-refractivity contribution is -0.149. The van der Waals surface area contributed by atoms with Crippen LogP contribution in [0.1, 0.15) is 26.2 Å². The maximum atomic E-state index is 12.2. The minimum Gasteiger partial charge on any atom is -0.328 e. The van der Waals surface area contributed by atoms with Gasteiger partial charge >= 0.3 is 6.18 Å². The summed E-state index contributed by atoms with van der Waals surface area (Å²) >= 11 is 0. The number of alkyl halides is 3. The maximum absolute atomic E-state index is 12.2. The number of hydrogen-bond donors (Lipinski definition) is 1. The highest BCUT2D eigenvalue weighted by Crippen LogP contribution is 2.17. The Morgan fingerprint density at radius 3 is 2.11 bits per heavy atom. The molecule has 0 aromatic carbocycles. The predicted molar refractivity (Wildman–Crippen MR) is 66.4 cm³/mol. The summed E-state index contributed by atoms with van der Waals surface area (Å²) in [6, 6.07) is 0.244. The smallest absolute Gasteiger partial charge is 0.328 e. The van der Waals surface area contributed by atoms with Crippen LogP contribution in [0.5, 0.6) is 0 Å². The second-order valence-corrected chi connectivity index (χ2v) is 5.21. The van der Waals surface area contributed by atoms with Crippen LogP contribution >= 0.6 is 0 Å². The largest absolute Gasteiger partial charge is 0.401 e. The molecular formula is C12H24F3N3. The SMILES string of the molecule is CC(N)CCCCN1CCN(CC(F)(F)F)CC1. The molecule has 0 spiro atoms. The monoisotopic (exact) mass is 267 g/mol. The number of nitrogens with two attached hydrogens (primary N) is 1. The molecule has 0 saturated carbocycles. The van der Waals surface area contributed by atoms with E-state index in [0.717, 1.165) is 38.9 Å². The summed E-state index contributed by atoms with van der Waals surface area (Å²) in [4.78, 5) is 3.73. The Bertz CT molecular complexity index is 223. The average Bonchev–Trinajstić information content (AvgIpc) is 2.24. The Morgan fingerprint density at radius 1 is 1.06 bits per heavy atom. The zero-order valence-electron chi connectivity index (χ0n) is 11.0. The number of nitrogens with zero attached hydrogens (tertiary/aromatic N) is 2. The van der Waals surface area contributed by atoms with Gasteiger partial charge in [0.05, 0.1) is 6.54 Å². The minimum absolute atomic E-state index is 0.244. The van der Waals surface area contributed by atoms with E-state index in [1.807, 2.05) is 6.92 Å². The Balaban J connectivity index is 2.08. The molecule has 6 heteroatoms. The Morgan fingerprint density at radius 2 is 1.61 bits per heavy atom. The minimum atomic E-state index is -4.07. The first-order valence-corrected chi connectivity index (χ1v) is 6.64. The topological polar surface area (TPSA) is 32.5 Å². The summed E-state index contributed by atoms with van der Waals surface area (Å²) in [5, 5.41) is 0. The summed E-state index contributed by atoms with van der Waals surface area (Å²) in [7, 11) is 0. The third-order valence-electron chi connectivity index (χ3n) is 3.25. The molecule has 0 amide bonds. The Kier molecular flexibility index (Phi) is 6.38. The molecular weight excluding hydrogens is 243 g/mol. The molecule has 1 rings (SSSR count). The molecule has 0 bridgehead atoms. The van der Waals surface area contributed by atoms with Gasteiger partial charge in [-0.25, -0.2) is 0 Å². The van der Waals surface area contributed by atoms with E-state index < -0.39 is 12.7 Å². The second-order valence-electron chi connectivity index (χ2n) is 5.21. The molecule has 3 nitrogen and oxygen atoms in total. The van der Waals surface area contributed by atoms with Gasteiger partial charge in [-0.05, 0) is 26.3 Å². The maximum Gasteiger partial charge on any atom is 0.401 e. The molecule has 0 aromatic rings. The fourth-order valence-corrected chi connectivity index (χ4v) is 2.23. The van der Waals surface area contributed by atoms with Gasteiger partial charge in [0.1, 0.15) is 0 Å². The highest BCUT2D eigenvalue weighted by atomic mass is 19.4. The van der Waals surface area contributed by atoms with Gasteiger partial charge in [-0.15, -0.1) is 0 Å². The van der Waals surface area contributed by atoms with Gasteiger partial charge in [-0.1, -0.05) is 6.42 Å². The van der Waals surface area contributed by atoms with E-state index in [4.69, 9.17) is 5.73 Å². The van der Waals surface area contributed by atoms with Gasteiger partial charge in [0.15, 0.2) is 0 Å². The van der Waals surface area contributed by atoms with Crippen LogP contribution < -0.4 is 5.73 Å². The van der Waals surface area contributed by atoms with E-state index in [1.165, 1.54) is 4.90 Å². The zero-order chi connectivity index (χ0) is 13.6. The van der Waals surface area contributed by atoms with Crippen LogP contribution in [0, 0.1) is 0 Å². The molecule has 18 heavy (non-hydrogen) atoms. The van der Waals surface area contributed by atoms with Gasteiger partial charge in [-0.3, -0.25) is 4.90 Å². The lowest BCUT2D eigenvalue weighted by Crippen LogP contribution is -2.49. The van der Waals surface area contributed by atoms with Crippen molar-refractivity contribution < 1.29 is 13.2 Å². The van der Waals surface area contributed by atoms with E-state index in [0.29, 0.717) is 13.1 Å². The van der Waals surface area contributed by atoms with Crippen LogP contribution in [0.25, 0.3) is 0 Å². The van der Waals surface area contributed by atoms with E-state index in [1.54, 1.807) is 0 Å². The van der Waals surface area contributed by atoms with Gasteiger partial charge in [0.2, 0.25) is 0 Å². The summed E-state index contributed by atoms with van der Waals surface area (Å²) in [6.07, 6.45) is -0.866. The summed E-state index contributed by atoms with van der Waals surface area (Å²) < 4.78 is 36.6. The van der Waals surface area contributed by atoms with Crippen molar-refractivity contribution in [1.29, 1.82) is 0 Å². The molecule has 1 saturated heterocycles. The first kappa shape index (κ1) is 15.7. The Hall–Kier alpha value is -0.330. The lowest BCUT2D eigenvalue weighted by Gasteiger charge is -2.35. The van der Waals surface area contributed by atoms with E-state index >= 15 is 0 Å². The highest BCUT2D eigenvalue weighted by Gasteiger charge is 2.31. The molecule has 1 aliphatic heterocycles. The van der Waals surface area contributed by atoms with Crippen LogP contribution in [-0.4, -0.2) is 61.3 Å². The van der Waals surface area contributed by atoms with Crippen molar-refractivity contribution in [3.63, 3.8) is 0 Å². The van der Waals surface area contributed by atoms with E-state index in [-0.39, 0.29) is 6.04 Å². The van der Waals surface area contributed by atoms with Crippen molar-refractivity contribution in [1.82, 2.24) is 9.80 Å². The third kappa shape index (κ3) is 7.18. The van der Waals surface area contributed by atoms with Crippen molar-refractivity contribution >= 4 is 0 Å². The number of piperazine rings is 1. The van der Waals surface area contributed by atoms with Crippen molar-refractivity contribution in [2.75, 3.05) is 39.3 Å². The van der Waals surface area contributed by atoms with Crippen LogP contribution in [-0.2, 0) is 0 Å². The number of hydrogen-bond acceptors (Lipinski definition) is 3. The molecule has 1 heterocycles. The van der Waals surface area contributed by atoms with Gasteiger partial charge < -0.3 is 10.6 Å².